The van der Waals surface area contributed by atoms with Gasteiger partial charge in [0.25, 0.3) is 0 Å². The molecule has 1 rings (SSSR count). The Labute approximate surface area is 84.5 Å². The molecule has 0 saturated carbocycles. The molecule has 2 amide bonds. The van der Waals surface area contributed by atoms with Crippen molar-refractivity contribution in [2.24, 2.45) is 11.8 Å². The number of imide groups is 1. The third-order valence-electron chi connectivity index (χ3n) is 2.70. The summed E-state index contributed by atoms with van der Waals surface area (Å²) >= 11 is 0. The third kappa shape index (κ3) is 1.79. The summed E-state index contributed by atoms with van der Waals surface area (Å²) in [6, 6.07) is 0. The van der Waals surface area contributed by atoms with Gasteiger partial charge in [-0.2, -0.15) is 0 Å². The van der Waals surface area contributed by atoms with E-state index in [1.807, 2.05) is 0 Å². The van der Waals surface area contributed by atoms with E-state index in [0.717, 1.165) is 0 Å². The number of rotatable bonds is 2. The molecule has 14 heavy (non-hydrogen) atoms. The van der Waals surface area contributed by atoms with E-state index in [1.165, 1.54) is 4.90 Å². The Kier molecular flexibility index (Phi) is 3.29. The van der Waals surface area contributed by atoms with Crippen molar-refractivity contribution in [3.05, 3.63) is 0 Å². The van der Waals surface area contributed by atoms with Crippen molar-refractivity contribution in [1.82, 2.24) is 4.90 Å². The summed E-state index contributed by atoms with van der Waals surface area (Å²) in [5.41, 5.74) is 0. The molecule has 0 spiro atoms. The molecule has 1 fully saturated rings. The highest BCUT2D eigenvalue weighted by atomic mass is 16.2. The largest absolute Gasteiger partial charge is 0.281 e. The van der Waals surface area contributed by atoms with Crippen LogP contribution >= 0.6 is 0 Å². The average molecular weight is 193 g/mol. The molecular weight excluding hydrogens is 178 g/mol. The van der Waals surface area contributed by atoms with E-state index in [4.69, 9.17) is 0 Å². The highest BCUT2D eigenvalue weighted by Gasteiger charge is 2.41. The zero-order valence-electron chi connectivity index (χ0n) is 8.83. The molecule has 0 aliphatic carbocycles. The van der Waals surface area contributed by atoms with Gasteiger partial charge in [-0.25, -0.2) is 0 Å². The van der Waals surface area contributed by atoms with Crippen molar-refractivity contribution in [3.8, 4) is 11.8 Å². The molecule has 0 aromatic heterocycles. The van der Waals surface area contributed by atoms with Crippen LogP contribution in [0.1, 0.15) is 27.2 Å². The van der Waals surface area contributed by atoms with Crippen molar-refractivity contribution >= 4 is 11.8 Å². The molecule has 1 aliphatic heterocycles. The maximum Gasteiger partial charge on any atom is 0.232 e. The van der Waals surface area contributed by atoms with Crippen molar-refractivity contribution in [2.45, 2.75) is 27.2 Å². The molecular formula is C11H15NO2. The van der Waals surface area contributed by atoms with Crippen LogP contribution in [-0.2, 0) is 9.59 Å². The molecule has 2 atom stereocenters. The quantitative estimate of drug-likeness (QED) is 0.485. The lowest BCUT2D eigenvalue weighted by molar-refractivity contribution is -0.139. The second kappa shape index (κ2) is 4.28. The molecule has 1 saturated heterocycles. The molecule has 0 aromatic rings. The number of carbonyl (C=O) groups excluding carboxylic acids is 2. The van der Waals surface area contributed by atoms with Crippen molar-refractivity contribution < 1.29 is 9.59 Å². The highest BCUT2D eigenvalue weighted by molar-refractivity contribution is 6.04. The van der Waals surface area contributed by atoms with Crippen LogP contribution in [0, 0.1) is 23.7 Å². The second-order valence-electron chi connectivity index (χ2n) is 3.58. The van der Waals surface area contributed by atoms with Crippen molar-refractivity contribution in [3.63, 3.8) is 0 Å². The summed E-state index contributed by atoms with van der Waals surface area (Å²) in [5, 5.41) is 0. The molecule has 76 valence electrons. The number of hydrogen-bond acceptors (Lipinski definition) is 2. The molecule has 0 bridgehead atoms. The molecule has 1 heterocycles. The fraction of sp³-hybridized carbons (Fsp3) is 0.636. The van der Waals surface area contributed by atoms with Crippen molar-refractivity contribution in [2.75, 3.05) is 6.54 Å². The first kappa shape index (κ1) is 10.8. The van der Waals surface area contributed by atoms with Crippen LogP contribution in [0.3, 0.4) is 0 Å². The normalized spacial score (nSPS) is 26.4. The fourth-order valence-electron chi connectivity index (χ4n) is 1.54. The van der Waals surface area contributed by atoms with E-state index in [-0.39, 0.29) is 23.7 Å². The van der Waals surface area contributed by atoms with Crippen LogP contribution in [0.25, 0.3) is 0 Å². The first-order valence-electron chi connectivity index (χ1n) is 4.84. The van der Waals surface area contributed by atoms with Gasteiger partial charge in [0, 0.05) is 24.8 Å². The Morgan fingerprint density at radius 1 is 1.21 bits per heavy atom. The average Bonchev–Trinajstić information content (AvgIpc) is 2.35. The van der Waals surface area contributed by atoms with E-state index in [9.17, 15) is 9.59 Å². The van der Waals surface area contributed by atoms with Crippen molar-refractivity contribution in [1.29, 1.82) is 0 Å². The Morgan fingerprint density at radius 3 is 2.14 bits per heavy atom. The maximum absolute atomic E-state index is 11.6. The number of amides is 2. The van der Waals surface area contributed by atoms with Gasteiger partial charge in [-0.05, 0) is 6.92 Å². The number of likely N-dealkylation sites (tertiary alicyclic amines) is 1. The number of carbonyl (C=O) groups is 2. The minimum Gasteiger partial charge on any atom is -0.281 e. The van der Waals surface area contributed by atoms with Gasteiger partial charge in [-0.1, -0.05) is 13.8 Å². The zero-order chi connectivity index (χ0) is 10.7. The molecule has 0 aromatic carbocycles. The summed E-state index contributed by atoms with van der Waals surface area (Å²) in [5.74, 6) is 5.15. The van der Waals surface area contributed by atoms with E-state index >= 15 is 0 Å². The molecule has 3 heteroatoms. The molecule has 0 N–H and O–H groups in total. The number of hydrogen-bond donors (Lipinski definition) is 0. The van der Waals surface area contributed by atoms with Crippen LogP contribution in [0.5, 0.6) is 0 Å². The molecule has 1 aliphatic rings. The van der Waals surface area contributed by atoms with Crippen LogP contribution in [0.2, 0.25) is 0 Å². The predicted molar refractivity (Wildman–Crippen MR) is 53.1 cm³/mol. The van der Waals surface area contributed by atoms with Gasteiger partial charge in [-0.15, -0.1) is 11.8 Å². The fourth-order valence-corrected chi connectivity index (χ4v) is 1.54. The van der Waals surface area contributed by atoms with Gasteiger partial charge in [0.1, 0.15) is 0 Å². The molecule has 0 radical (unpaired) electrons. The standard InChI is InChI=1S/C11H15NO2/c1-4-5-6-7-12-10(13)8(2)9(3)11(12)14/h8-9H,6-7H2,1-3H3. The summed E-state index contributed by atoms with van der Waals surface area (Å²) in [7, 11) is 0. The van der Waals surface area contributed by atoms with Crippen LogP contribution in [0.4, 0.5) is 0 Å². The van der Waals surface area contributed by atoms with Crippen LogP contribution in [0.15, 0.2) is 0 Å². The Morgan fingerprint density at radius 2 is 1.71 bits per heavy atom. The van der Waals surface area contributed by atoms with Crippen LogP contribution < -0.4 is 0 Å². The summed E-state index contributed by atoms with van der Waals surface area (Å²) in [4.78, 5) is 24.5. The van der Waals surface area contributed by atoms with E-state index in [2.05, 4.69) is 11.8 Å². The van der Waals surface area contributed by atoms with Gasteiger partial charge in [0.2, 0.25) is 11.8 Å². The zero-order valence-corrected chi connectivity index (χ0v) is 8.83. The summed E-state index contributed by atoms with van der Waals surface area (Å²) < 4.78 is 0. The minimum absolute atomic E-state index is 0.0552. The maximum atomic E-state index is 11.6. The summed E-state index contributed by atoms with van der Waals surface area (Å²) in [6.45, 7) is 5.79. The lowest BCUT2D eigenvalue weighted by atomic mass is 10.00. The SMILES string of the molecule is CC#CCCN1C(=O)C(C)C(C)C1=O. The highest BCUT2D eigenvalue weighted by Crippen LogP contribution is 2.25. The first-order chi connectivity index (χ1) is 6.59. The van der Waals surface area contributed by atoms with E-state index in [1.54, 1.807) is 20.8 Å². The third-order valence-corrected chi connectivity index (χ3v) is 2.70. The van der Waals surface area contributed by atoms with Gasteiger partial charge in [0.15, 0.2) is 0 Å². The lowest BCUT2D eigenvalue weighted by Crippen LogP contribution is -2.31. The van der Waals surface area contributed by atoms with Gasteiger partial charge < -0.3 is 0 Å². The molecule has 3 nitrogen and oxygen atoms in total. The lowest BCUT2D eigenvalue weighted by Gasteiger charge is -2.11. The predicted octanol–water partition coefficient (Wildman–Crippen LogP) is 1.04. The monoisotopic (exact) mass is 193 g/mol. The van der Waals surface area contributed by atoms with Crippen LogP contribution in [-0.4, -0.2) is 23.3 Å². The van der Waals surface area contributed by atoms with Gasteiger partial charge in [0.05, 0.1) is 0 Å². The first-order valence-corrected chi connectivity index (χ1v) is 4.84. The second-order valence-corrected chi connectivity index (χ2v) is 3.58. The van der Waals surface area contributed by atoms with E-state index < -0.39 is 0 Å². The minimum atomic E-state index is -0.169. The Balaban J connectivity index is 2.64. The topological polar surface area (TPSA) is 37.4 Å². The van der Waals surface area contributed by atoms with E-state index in [0.29, 0.717) is 13.0 Å². The summed E-state index contributed by atoms with van der Waals surface area (Å²) in [6.07, 6.45) is 0.577. The Bertz CT molecular complexity index is 291. The smallest absolute Gasteiger partial charge is 0.232 e. The molecule has 2 unspecified atom stereocenters. The van der Waals surface area contributed by atoms with Gasteiger partial charge >= 0.3 is 0 Å². The number of nitrogens with zero attached hydrogens (tertiary/aromatic N) is 1. The Hall–Kier alpha value is -1.30. The van der Waals surface area contributed by atoms with Gasteiger partial charge in [-0.3, -0.25) is 14.5 Å².